The molecule has 1 aromatic carbocycles. The predicted octanol–water partition coefficient (Wildman–Crippen LogP) is 3.81. The largest absolute Gasteiger partial charge is 1.00 e. The van der Waals surface area contributed by atoms with Crippen LogP contribution in [0.25, 0.3) is 0 Å². The third kappa shape index (κ3) is 13.9. The van der Waals surface area contributed by atoms with Gasteiger partial charge in [-0.3, -0.25) is 0 Å². The maximum atomic E-state index is 11.3. The quantitative estimate of drug-likeness (QED) is 0.189. The first-order chi connectivity index (χ1) is 14.4. The molecule has 0 aliphatic heterocycles. The van der Waals surface area contributed by atoms with Gasteiger partial charge in [0.2, 0.25) is 0 Å². The van der Waals surface area contributed by atoms with Gasteiger partial charge in [-0.1, -0.05) is 96.3 Å². The number of hydrogen-bond donors (Lipinski definition) is 0. The van der Waals surface area contributed by atoms with Crippen molar-refractivity contribution in [2.75, 3.05) is 6.61 Å². The van der Waals surface area contributed by atoms with Crippen LogP contribution in [0, 0.1) is 0 Å². The molecule has 0 heterocycles. The molecule has 1 rings (SSSR count). The van der Waals surface area contributed by atoms with Crippen LogP contribution in [0.1, 0.15) is 109 Å². The molecule has 0 saturated heterocycles. The summed E-state index contributed by atoms with van der Waals surface area (Å²) in [6.07, 6.45) is 16.7. The van der Waals surface area contributed by atoms with Crippen LogP contribution in [0.15, 0.2) is 18.2 Å². The number of ether oxygens (including phenoxy) is 1. The zero-order valence-corrected chi connectivity index (χ0v) is 23.3. The van der Waals surface area contributed by atoms with Gasteiger partial charge in [0.15, 0.2) is 0 Å². The van der Waals surface area contributed by atoms with Crippen molar-refractivity contribution in [1.29, 1.82) is 0 Å². The molecule has 6 heteroatoms. The third-order valence-corrected chi connectivity index (χ3v) is 6.85. The van der Waals surface area contributed by atoms with Gasteiger partial charge >= 0.3 is 29.6 Å². The Balaban J connectivity index is 0.00000900. The Hall–Kier alpha value is -0.0700. The second-order valence-corrected chi connectivity index (χ2v) is 10.3. The van der Waals surface area contributed by atoms with Crippen molar-refractivity contribution in [3.63, 3.8) is 0 Å². The Morgan fingerprint density at radius 2 is 1.23 bits per heavy atom. The summed E-state index contributed by atoms with van der Waals surface area (Å²) in [6.45, 7) is 5.79. The number of hydrogen-bond acceptors (Lipinski definition) is 4. The maximum absolute atomic E-state index is 11.3. The van der Waals surface area contributed by atoms with E-state index >= 15 is 0 Å². The normalized spacial score (nSPS) is 12.4. The Bertz CT molecular complexity index is 642. The van der Waals surface area contributed by atoms with Gasteiger partial charge in [-0.05, 0) is 43.7 Å². The van der Waals surface area contributed by atoms with Crippen LogP contribution < -0.4 is 34.3 Å². The fourth-order valence-electron chi connectivity index (χ4n) is 3.69. The molecule has 0 saturated carbocycles. The van der Waals surface area contributed by atoms with E-state index in [1.54, 1.807) is 0 Å². The first-order valence-electron chi connectivity index (χ1n) is 12.1. The summed E-state index contributed by atoms with van der Waals surface area (Å²) in [5.74, 6) is 0.815. The van der Waals surface area contributed by atoms with Crippen LogP contribution in [0.3, 0.4) is 0 Å². The number of benzene rings is 1. The van der Waals surface area contributed by atoms with Crippen LogP contribution in [-0.4, -0.2) is 24.8 Å². The fraction of sp³-hybridized carbons (Fsp3) is 0.760. The van der Waals surface area contributed by atoms with E-state index in [0.717, 1.165) is 42.6 Å². The first-order valence-corrected chi connectivity index (χ1v) is 13.6. The molecule has 1 atom stereocenters. The van der Waals surface area contributed by atoms with Crippen LogP contribution in [-0.2, 0) is 23.0 Å². The summed E-state index contributed by atoms with van der Waals surface area (Å²) in [7, 11) is -4.33. The van der Waals surface area contributed by atoms with Crippen LogP contribution in [0.2, 0.25) is 0 Å². The van der Waals surface area contributed by atoms with E-state index in [-0.39, 0.29) is 36.2 Å². The Labute approximate surface area is 214 Å². The van der Waals surface area contributed by atoms with E-state index in [4.69, 9.17) is 4.74 Å². The SMILES string of the molecule is CCCCCCCCc1cccc(CCCCCCCC)c1OCC(C)S(=O)(=O)[O-].[Na+]. The van der Waals surface area contributed by atoms with E-state index in [1.165, 1.54) is 71.1 Å². The van der Waals surface area contributed by atoms with Crippen molar-refractivity contribution in [2.24, 2.45) is 0 Å². The fourth-order valence-corrected chi connectivity index (χ4v) is 3.93. The first kappa shape index (κ1) is 30.9. The predicted molar refractivity (Wildman–Crippen MR) is 125 cm³/mol. The molecule has 4 nitrogen and oxygen atoms in total. The number of aryl methyl sites for hydroxylation is 2. The molecule has 0 aliphatic rings. The molecule has 0 bridgehead atoms. The molecule has 0 fully saturated rings. The number of rotatable bonds is 18. The topological polar surface area (TPSA) is 66.4 Å². The van der Waals surface area contributed by atoms with E-state index in [1.807, 2.05) is 0 Å². The summed E-state index contributed by atoms with van der Waals surface area (Å²) in [6, 6.07) is 6.25. The zero-order chi connectivity index (χ0) is 22.2. The van der Waals surface area contributed by atoms with Crippen LogP contribution in [0.4, 0.5) is 0 Å². The maximum Gasteiger partial charge on any atom is 1.00 e. The van der Waals surface area contributed by atoms with Gasteiger partial charge in [0.1, 0.15) is 22.5 Å². The molecule has 0 N–H and O–H groups in total. The van der Waals surface area contributed by atoms with E-state index in [9.17, 15) is 13.0 Å². The minimum Gasteiger partial charge on any atom is -0.748 e. The van der Waals surface area contributed by atoms with Crippen molar-refractivity contribution in [2.45, 2.75) is 116 Å². The molecule has 0 aromatic heterocycles. The van der Waals surface area contributed by atoms with Crippen molar-refractivity contribution >= 4 is 10.1 Å². The number of para-hydroxylation sites is 1. The van der Waals surface area contributed by atoms with Crippen molar-refractivity contribution < 1.29 is 47.3 Å². The van der Waals surface area contributed by atoms with Crippen LogP contribution >= 0.6 is 0 Å². The van der Waals surface area contributed by atoms with Crippen molar-refractivity contribution in [1.82, 2.24) is 0 Å². The van der Waals surface area contributed by atoms with E-state index in [0.29, 0.717) is 0 Å². The molecule has 0 radical (unpaired) electrons. The number of unbranched alkanes of at least 4 members (excludes halogenated alkanes) is 10. The van der Waals surface area contributed by atoms with Gasteiger partial charge < -0.3 is 9.29 Å². The molecular weight excluding hydrogens is 419 g/mol. The van der Waals surface area contributed by atoms with Gasteiger partial charge in [-0.15, -0.1) is 0 Å². The molecule has 0 aliphatic carbocycles. The minimum atomic E-state index is -4.33. The molecule has 31 heavy (non-hydrogen) atoms. The summed E-state index contributed by atoms with van der Waals surface area (Å²) in [5, 5.41) is -1.04. The molecule has 0 amide bonds. The van der Waals surface area contributed by atoms with Gasteiger partial charge in [0, 0.05) is 0 Å². The average Bonchev–Trinajstić information content (AvgIpc) is 2.71. The smallest absolute Gasteiger partial charge is 0.748 e. The molecule has 174 valence electrons. The van der Waals surface area contributed by atoms with Gasteiger partial charge in [0.25, 0.3) is 0 Å². The summed E-state index contributed by atoms with van der Waals surface area (Å²) in [5.41, 5.74) is 2.29. The van der Waals surface area contributed by atoms with Crippen molar-refractivity contribution in [3.05, 3.63) is 29.3 Å². The molecular formula is C25H43NaO4S. The van der Waals surface area contributed by atoms with Crippen LogP contribution in [0.5, 0.6) is 5.75 Å². The Morgan fingerprint density at radius 1 is 0.806 bits per heavy atom. The van der Waals surface area contributed by atoms with Gasteiger partial charge in [0.05, 0.1) is 5.25 Å². The summed E-state index contributed by atoms with van der Waals surface area (Å²) < 4.78 is 39.8. The Kier molecular flexibility index (Phi) is 18.3. The minimum absolute atomic E-state index is 0. The third-order valence-electron chi connectivity index (χ3n) is 5.73. The summed E-state index contributed by atoms with van der Waals surface area (Å²) >= 11 is 0. The van der Waals surface area contributed by atoms with Gasteiger partial charge in [-0.2, -0.15) is 0 Å². The monoisotopic (exact) mass is 462 g/mol. The second kappa shape index (κ2) is 18.4. The Morgan fingerprint density at radius 3 is 1.65 bits per heavy atom. The van der Waals surface area contributed by atoms with Crippen molar-refractivity contribution in [3.8, 4) is 5.75 Å². The summed E-state index contributed by atoms with van der Waals surface area (Å²) in [4.78, 5) is 0. The molecule has 1 unspecified atom stereocenters. The second-order valence-electron chi connectivity index (χ2n) is 8.56. The van der Waals surface area contributed by atoms with Gasteiger partial charge in [-0.25, -0.2) is 8.42 Å². The zero-order valence-electron chi connectivity index (χ0n) is 20.5. The molecule has 0 spiro atoms. The molecule has 1 aromatic rings. The van der Waals surface area contributed by atoms with E-state index < -0.39 is 15.4 Å². The average molecular weight is 463 g/mol. The van der Waals surface area contributed by atoms with E-state index in [2.05, 4.69) is 32.0 Å². The standard InChI is InChI=1S/C25H44O4S.Na/c1-4-6-8-10-12-14-17-23-19-16-20-24(18-15-13-11-9-7-5-2)25(23)29-21-22(3)30(26,27)28;/h16,19-20,22H,4-15,17-18,21H2,1-3H3,(H,26,27,28);/q;+1/p-1.